The number of hydrogen-bond acceptors (Lipinski definition) is 2. The van der Waals surface area contributed by atoms with Crippen molar-refractivity contribution in [3.63, 3.8) is 0 Å². The predicted molar refractivity (Wildman–Crippen MR) is 32.5 cm³/mol. The van der Waals surface area contributed by atoms with Crippen LogP contribution in [-0.2, 0) is 4.74 Å². The van der Waals surface area contributed by atoms with Crippen LogP contribution in [0.15, 0.2) is 0 Å². The molecule has 0 bridgehead atoms. The third-order valence-electron chi connectivity index (χ3n) is 0.287. The SMILES string of the molecule is CCOC(N)=O.[SiH4]. The molecule has 0 atom stereocenters. The van der Waals surface area contributed by atoms with Crippen molar-refractivity contribution in [1.82, 2.24) is 0 Å². The summed E-state index contributed by atoms with van der Waals surface area (Å²) in [6, 6.07) is 0. The summed E-state index contributed by atoms with van der Waals surface area (Å²) in [7, 11) is 0. The molecule has 0 heterocycles. The van der Waals surface area contributed by atoms with Gasteiger partial charge in [-0.3, -0.25) is 0 Å². The molecular formula is C3H11NO2Si. The number of amides is 1. The van der Waals surface area contributed by atoms with Crippen molar-refractivity contribution in [3.8, 4) is 0 Å². The summed E-state index contributed by atoms with van der Waals surface area (Å²) in [6.45, 7) is 2.06. The lowest BCUT2D eigenvalue weighted by molar-refractivity contribution is 0.163. The van der Waals surface area contributed by atoms with Gasteiger partial charge in [0.15, 0.2) is 0 Å². The Labute approximate surface area is 46.9 Å². The molecule has 0 rings (SSSR count). The summed E-state index contributed by atoms with van der Waals surface area (Å²) in [5, 5.41) is 0. The molecule has 4 heteroatoms. The molecule has 7 heavy (non-hydrogen) atoms. The molecule has 1 amide bonds. The number of ether oxygens (including phenoxy) is 1. The van der Waals surface area contributed by atoms with E-state index in [9.17, 15) is 4.79 Å². The third kappa shape index (κ3) is 10.8. The summed E-state index contributed by atoms with van der Waals surface area (Å²) in [6.07, 6.45) is -0.711. The molecule has 0 aromatic carbocycles. The second-order valence-corrected chi connectivity index (χ2v) is 0.752. The van der Waals surface area contributed by atoms with Gasteiger partial charge in [0.05, 0.1) is 6.61 Å². The van der Waals surface area contributed by atoms with E-state index in [2.05, 4.69) is 10.5 Å². The quantitative estimate of drug-likeness (QED) is 0.436. The molecule has 0 aliphatic heterocycles. The maximum atomic E-state index is 9.60. The minimum Gasteiger partial charge on any atom is -0.450 e. The minimum absolute atomic E-state index is 0. The molecular weight excluding hydrogens is 110 g/mol. The van der Waals surface area contributed by atoms with Crippen LogP contribution in [0.25, 0.3) is 0 Å². The fourth-order valence-corrected chi connectivity index (χ4v) is 0.142. The van der Waals surface area contributed by atoms with Gasteiger partial charge in [0, 0.05) is 0 Å². The zero-order valence-electron chi connectivity index (χ0n) is 3.60. The second-order valence-electron chi connectivity index (χ2n) is 0.752. The van der Waals surface area contributed by atoms with Crippen LogP contribution in [0, 0.1) is 0 Å². The van der Waals surface area contributed by atoms with Gasteiger partial charge in [-0.1, -0.05) is 0 Å². The van der Waals surface area contributed by atoms with Gasteiger partial charge in [-0.05, 0) is 17.9 Å². The lowest BCUT2D eigenvalue weighted by Crippen LogP contribution is -2.11. The zero-order chi connectivity index (χ0) is 4.99. The molecule has 0 aliphatic carbocycles. The fraction of sp³-hybridized carbons (Fsp3) is 0.667. The average molecular weight is 121 g/mol. The standard InChI is InChI=1S/C3H7NO2.H4Si/c1-2-6-3(4)5;/h2H2,1H3,(H2,4,5);1H4. The molecule has 0 fully saturated rings. The van der Waals surface area contributed by atoms with Crippen molar-refractivity contribution < 1.29 is 9.53 Å². The molecule has 0 saturated heterocycles. The molecule has 2 N–H and O–H groups in total. The Morgan fingerprint density at radius 1 is 1.86 bits per heavy atom. The highest BCUT2D eigenvalue weighted by molar-refractivity contribution is 5.75. The summed E-state index contributed by atoms with van der Waals surface area (Å²) in [5.41, 5.74) is 4.54. The minimum atomic E-state index is -0.711. The molecule has 0 aromatic heterocycles. The Bertz CT molecular complexity index is 56.9. The van der Waals surface area contributed by atoms with Gasteiger partial charge in [-0.2, -0.15) is 0 Å². The van der Waals surface area contributed by atoms with Crippen LogP contribution in [0.1, 0.15) is 6.92 Å². The van der Waals surface area contributed by atoms with Gasteiger partial charge >= 0.3 is 6.09 Å². The monoisotopic (exact) mass is 121 g/mol. The van der Waals surface area contributed by atoms with E-state index in [1.807, 2.05) is 0 Å². The highest BCUT2D eigenvalue weighted by Gasteiger charge is 1.82. The van der Waals surface area contributed by atoms with Crippen LogP contribution in [0.5, 0.6) is 0 Å². The summed E-state index contributed by atoms with van der Waals surface area (Å²) in [5.74, 6) is 0. The Kier molecular flexibility index (Phi) is 7.60. The number of primary amides is 1. The Morgan fingerprint density at radius 2 is 2.29 bits per heavy atom. The topological polar surface area (TPSA) is 52.3 Å². The highest BCUT2D eigenvalue weighted by Crippen LogP contribution is 1.66. The van der Waals surface area contributed by atoms with Gasteiger partial charge in [-0.25, -0.2) is 4.79 Å². The fourth-order valence-electron chi connectivity index (χ4n) is 0.142. The second kappa shape index (κ2) is 5.49. The normalized spacial score (nSPS) is 6.43. The molecule has 3 nitrogen and oxygen atoms in total. The van der Waals surface area contributed by atoms with Crippen LogP contribution >= 0.6 is 0 Å². The van der Waals surface area contributed by atoms with Crippen LogP contribution in [-0.4, -0.2) is 23.7 Å². The first-order valence-corrected chi connectivity index (χ1v) is 1.69. The first-order chi connectivity index (χ1) is 2.77. The smallest absolute Gasteiger partial charge is 0.404 e. The van der Waals surface area contributed by atoms with Gasteiger partial charge in [0.25, 0.3) is 0 Å². The van der Waals surface area contributed by atoms with Crippen molar-refractivity contribution >= 4 is 17.1 Å². The van der Waals surface area contributed by atoms with Crippen molar-refractivity contribution in [2.75, 3.05) is 6.61 Å². The largest absolute Gasteiger partial charge is 0.450 e. The number of carbonyl (C=O) groups is 1. The number of carbonyl (C=O) groups excluding carboxylic acids is 1. The van der Waals surface area contributed by atoms with E-state index in [0.717, 1.165) is 0 Å². The van der Waals surface area contributed by atoms with E-state index in [4.69, 9.17) is 0 Å². The summed E-state index contributed by atoms with van der Waals surface area (Å²) >= 11 is 0. The van der Waals surface area contributed by atoms with Gasteiger partial charge in [0.1, 0.15) is 0 Å². The highest BCUT2D eigenvalue weighted by atomic mass is 28.1. The van der Waals surface area contributed by atoms with Gasteiger partial charge in [0.2, 0.25) is 0 Å². The maximum absolute atomic E-state index is 9.60. The first-order valence-electron chi connectivity index (χ1n) is 1.69. The van der Waals surface area contributed by atoms with Crippen molar-refractivity contribution in [3.05, 3.63) is 0 Å². The molecule has 0 aliphatic rings. The molecule has 44 valence electrons. The van der Waals surface area contributed by atoms with E-state index < -0.39 is 6.09 Å². The van der Waals surface area contributed by atoms with Crippen molar-refractivity contribution in [1.29, 1.82) is 0 Å². The summed E-state index contributed by atoms with van der Waals surface area (Å²) < 4.78 is 4.18. The Hall–Kier alpha value is -0.513. The summed E-state index contributed by atoms with van der Waals surface area (Å²) in [4.78, 5) is 9.60. The third-order valence-corrected chi connectivity index (χ3v) is 0.287. The lowest BCUT2D eigenvalue weighted by atomic mass is 10.9. The molecule has 0 saturated carbocycles. The average Bonchev–Trinajstić information content (AvgIpc) is 1.35. The zero-order valence-corrected chi connectivity index (χ0v) is 3.60. The first kappa shape index (κ1) is 9.70. The van der Waals surface area contributed by atoms with Gasteiger partial charge < -0.3 is 10.5 Å². The molecule has 0 radical (unpaired) electrons. The van der Waals surface area contributed by atoms with Crippen LogP contribution < -0.4 is 5.73 Å². The maximum Gasteiger partial charge on any atom is 0.404 e. The van der Waals surface area contributed by atoms with E-state index in [-0.39, 0.29) is 11.0 Å². The predicted octanol–water partition coefficient (Wildman–Crippen LogP) is -1.35. The molecule has 0 unspecified atom stereocenters. The van der Waals surface area contributed by atoms with Crippen LogP contribution in [0.3, 0.4) is 0 Å². The van der Waals surface area contributed by atoms with Crippen molar-refractivity contribution in [2.24, 2.45) is 5.73 Å². The van der Waals surface area contributed by atoms with E-state index in [1.54, 1.807) is 6.92 Å². The van der Waals surface area contributed by atoms with Crippen molar-refractivity contribution in [2.45, 2.75) is 6.92 Å². The molecule has 0 spiro atoms. The molecule has 0 aromatic rings. The lowest BCUT2D eigenvalue weighted by Gasteiger charge is -1.89. The number of rotatable bonds is 1. The van der Waals surface area contributed by atoms with E-state index in [1.165, 1.54) is 0 Å². The van der Waals surface area contributed by atoms with E-state index >= 15 is 0 Å². The van der Waals surface area contributed by atoms with Crippen LogP contribution in [0.2, 0.25) is 0 Å². The van der Waals surface area contributed by atoms with Crippen LogP contribution in [0.4, 0.5) is 4.79 Å². The number of nitrogens with two attached hydrogens (primary N) is 1. The van der Waals surface area contributed by atoms with Gasteiger partial charge in [-0.15, -0.1) is 0 Å². The Morgan fingerprint density at radius 3 is 2.29 bits per heavy atom. The number of hydrogen-bond donors (Lipinski definition) is 1. The Balaban J connectivity index is 0. The van der Waals surface area contributed by atoms with E-state index in [0.29, 0.717) is 6.61 Å².